The zero-order chi connectivity index (χ0) is 14.7. The molecule has 0 saturated carbocycles. The number of methoxy groups -OCH3 is 1. The van der Waals surface area contributed by atoms with Crippen molar-refractivity contribution in [3.8, 4) is 11.6 Å². The fraction of sp³-hybridized carbons (Fsp3) is 0.0625. The van der Waals surface area contributed by atoms with Crippen LogP contribution in [-0.2, 0) is 0 Å². The number of anilines is 1. The molecule has 0 atom stereocenters. The second kappa shape index (κ2) is 5.66. The van der Waals surface area contributed by atoms with Crippen LogP contribution in [0.1, 0.15) is 0 Å². The standard InChI is InChI=1S/C16H13FN2O2/c1-20-14-7-5-11-6-8-16(18-15(11)10-14)21-19-13-4-2-3-12(17)9-13/h2-10,19H,1H3. The van der Waals surface area contributed by atoms with Crippen molar-refractivity contribution in [3.05, 3.63) is 60.4 Å². The van der Waals surface area contributed by atoms with Crippen molar-refractivity contribution >= 4 is 16.6 Å². The molecule has 2 aromatic carbocycles. The average molecular weight is 284 g/mol. The summed E-state index contributed by atoms with van der Waals surface area (Å²) in [5, 5.41) is 0.980. The zero-order valence-electron chi connectivity index (χ0n) is 11.3. The van der Waals surface area contributed by atoms with Gasteiger partial charge in [0.25, 0.3) is 0 Å². The molecule has 4 nitrogen and oxygen atoms in total. The van der Waals surface area contributed by atoms with Crippen LogP contribution in [0.4, 0.5) is 10.1 Å². The lowest BCUT2D eigenvalue weighted by Crippen LogP contribution is -2.06. The normalized spacial score (nSPS) is 10.4. The number of nitrogens with zero attached hydrogens (tertiary/aromatic N) is 1. The van der Waals surface area contributed by atoms with E-state index in [1.807, 2.05) is 24.3 Å². The molecule has 21 heavy (non-hydrogen) atoms. The summed E-state index contributed by atoms with van der Waals surface area (Å²) in [7, 11) is 1.60. The van der Waals surface area contributed by atoms with Crippen molar-refractivity contribution in [2.24, 2.45) is 0 Å². The molecule has 1 heterocycles. The molecule has 0 unspecified atom stereocenters. The minimum absolute atomic E-state index is 0.334. The summed E-state index contributed by atoms with van der Waals surface area (Å²) >= 11 is 0. The van der Waals surface area contributed by atoms with Gasteiger partial charge in [-0.1, -0.05) is 6.07 Å². The summed E-state index contributed by atoms with van der Waals surface area (Å²) in [5.74, 6) is 0.782. The molecule has 1 N–H and O–H groups in total. The molecule has 1 aromatic heterocycles. The second-order valence-electron chi connectivity index (χ2n) is 4.42. The lowest BCUT2D eigenvalue weighted by atomic mass is 10.2. The summed E-state index contributed by atoms with van der Waals surface area (Å²) in [6, 6.07) is 15.2. The Kier molecular flexibility index (Phi) is 3.55. The molecule has 0 aliphatic carbocycles. The zero-order valence-corrected chi connectivity index (χ0v) is 11.3. The molecule has 5 heteroatoms. The first kappa shape index (κ1) is 13.2. The van der Waals surface area contributed by atoms with E-state index >= 15 is 0 Å². The Morgan fingerprint density at radius 2 is 1.90 bits per heavy atom. The molecule has 0 spiro atoms. The molecule has 0 aliphatic rings. The highest BCUT2D eigenvalue weighted by molar-refractivity contribution is 5.80. The number of hydrogen-bond donors (Lipinski definition) is 1. The lowest BCUT2D eigenvalue weighted by molar-refractivity contribution is 0.390. The highest BCUT2D eigenvalue weighted by Gasteiger charge is 2.02. The predicted molar refractivity (Wildman–Crippen MR) is 78.9 cm³/mol. The number of nitrogens with one attached hydrogen (secondary N) is 1. The topological polar surface area (TPSA) is 43.4 Å². The molecule has 0 aliphatic heterocycles. The number of halogens is 1. The van der Waals surface area contributed by atoms with Gasteiger partial charge in [-0.3, -0.25) is 0 Å². The molecular weight excluding hydrogens is 271 g/mol. The van der Waals surface area contributed by atoms with Crippen molar-refractivity contribution in [1.82, 2.24) is 4.98 Å². The molecule has 106 valence electrons. The summed E-state index contributed by atoms with van der Waals surface area (Å²) < 4.78 is 18.2. The number of pyridine rings is 1. The molecule has 0 saturated heterocycles. The summed E-state index contributed by atoms with van der Waals surface area (Å²) in [4.78, 5) is 9.72. The summed E-state index contributed by atoms with van der Waals surface area (Å²) in [5.41, 5.74) is 3.93. The Morgan fingerprint density at radius 1 is 1.05 bits per heavy atom. The molecule has 0 amide bonds. The first-order valence-electron chi connectivity index (χ1n) is 6.38. The Bertz CT molecular complexity index is 777. The van der Waals surface area contributed by atoms with Gasteiger partial charge < -0.3 is 9.57 Å². The highest BCUT2D eigenvalue weighted by atomic mass is 19.1. The monoisotopic (exact) mass is 284 g/mol. The van der Waals surface area contributed by atoms with Crippen LogP contribution in [0.25, 0.3) is 10.9 Å². The van der Waals surface area contributed by atoms with Crippen LogP contribution in [0.3, 0.4) is 0 Å². The Balaban J connectivity index is 1.80. The van der Waals surface area contributed by atoms with Crippen LogP contribution >= 0.6 is 0 Å². The van der Waals surface area contributed by atoms with Crippen LogP contribution in [-0.4, -0.2) is 12.1 Å². The number of fused-ring (bicyclic) bond motifs is 1. The van der Waals surface area contributed by atoms with Crippen molar-refractivity contribution in [2.45, 2.75) is 0 Å². The van der Waals surface area contributed by atoms with E-state index in [1.54, 1.807) is 25.3 Å². The SMILES string of the molecule is COc1ccc2ccc(ONc3cccc(F)c3)nc2c1. The Labute approximate surface area is 121 Å². The van der Waals surface area contributed by atoms with E-state index in [0.29, 0.717) is 11.6 Å². The minimum atomic E-state index is -0.334. The van der Waals surface area contributed by atoms with Crippen molar-refractivity contribution in [1.29, 1.82) is 0 Å². The van der Waals surface area contributed by atoms with Gasteiger partial charge in [0.15, 0.2) is 0 Å². The molecule has 0 radical (unpaired) electrons. The van der Waals surface area contributed by atoms with Crippen LogP contribution in [0, 0.1) is 5.82 Å². The third-order valence-electron chi connectivity index (χ3n) is 2.97. The summed E-state index contributed by atoms with van der Waals surface area (Å²) in [6.07, 6.45) is 0. The van der Waals surface area contributed by atoms with E-state index < -0.39 is 0 Å². The first-order chi connectivity index (χ1) is 10.2. The summed E-state index contributed by atoms with van der Waals surface area (Å²) in [6.45, 7) is 0. The van der Waals surface area contributed by atoms with E-state index in [1.165, 1.54) is 12.1 Å². The predicted octanol–water partition coefficient (Wildman–Crippen LogP) is 3.79. The molecule has 0 fully saturated rings. The lowest BCUT2D eigenvalue weighted by Gasteiger charge is -2.08. The molecule has 0 bridgehead atoms. The van der Waals surface area contributed by atoms with Gasteiger partial charge in [-0.2, -0.15) is 0 Å². The van der Waals surface area contributed by atoms with Gasteiger partial charge in [0, 0.05) is 23.6 Å². The third kappa shape index (κ3) is 3.02. The average Bonchev–Trinajstić information content (AvgIpc) is 2.52. The maximum absolute atomic E-state index is 13.1. The van der Waals surface area contributed by atoms with E-state index in [2.05, 4.69) is 10.5 Å². The van der Waals surface area contributed by atoms with Gasteiger partial charge in [-0.15, -0.1) is 0 Å². The van der Waals surface area contributed by atoms with Crippen LogP contribution < -0.4 is 15.1 Å². The van der Waals surface area contributed by atoms with E-state index in [9.17, 15) is 4.39 Å². The van der Waals surface area contributed by atoms with Gasteiger partial charge in [0.2, 0.25) is 5.88 Å². The third-order valence-corrected chi connectivity index (χ3v) is 2.97. The van der Waals surface area contributed by atoms with E-state index in [4.69, 9.17) is 9.57 Å². The Hall–Kier alpha value is -2.82. The highest BCUT2D eigenvalue weighted by Crippen LogP contribution is 2.22. The van der Waals surface area contributed by atoms with Crippen LogP contribution in [0.5, 0.6) is 11.6 Å². The number of ether oxygens (including phenoxy) is 1. The van der Waals surface area contributed by atoms with Gasteiger partial charge in [-0.25, -0.2) is 14.9 Å². The van der Waals surface area contributed by atoms with E-state index in [0.717, 1.165) is 16.7 Å². The van der Waals surface area contributed by atoms with E-state index in [-0.39, 0.29) is 5.82 Å². The molecular formula is C16H13FN2O2. The fourth-order valence-corrected chi connectivity index (χ4v) is 1.93. The number of benzene rings is 2. The smallest absolute Gasteiger partial charge is 0.246 e. The second-order valence-corrected chi connectivity index (χ2v) is 4.42. The van der Waals surface area contributed by atoms with Gasteiger partial charge in [-0.05, 0) is 30.3 Å². The number of rotatable bonds is 4. The fourth-order valence-electron chi connectivity index (χ4n) is 1.93. The first-order valence-corrected chi connectivity index (χ1v) is 6.38. The maximum atomic E-state index is 13.1. The minimum Gasteiger partial charge on any atom is -0.497 e. The van der Waals surface area contributed by atoms with Crippen LogP contribution in [0.2, 0.25) is 0 Å². The largest absolute Gasteiger partial charge is 0.497 e. The van der Waals surface area contributed by atoms with Crippen LogP contribution in [0.15, 0.2) is 54.6 Å². The van der Waals surface area contributed by atoms with Gasteiger partial charge >= 0.3 is 0 Å². The van der Waals surface area contributed by atoms with Crippen molar-refractivity contribution in [3.63, 3.8) is 0 Å². The van der Waals surface area contributed by atoms with Crippen molar-refractivity contribution < 1.29 is 14.0 Å². The van der Waals surface area contributed by atoms with Gasteiger partial charge in [0.05, 0.1) is 18.3 Å². The molecule has 3 rings (SSSR count). The molecule has 3 aromatic rings. The Morgan fingerprint density at radius 3 is 2.71 bits per heavy atom. The number of aromatic nitrogens is 1. The number of hydrogen-bond acceptors (Lipinski definition) is 4. The maximum Gasteiger partial charge on any atom is 0.246 e. The quantitative estimate of drug-likeness (QED) is 0.740. The van der Waals surface area contributed by atoms with Crippen molar-refractivity contribution in [2.75, 3.05) is 12.6 Å². The van der Waals surface area contributed by atoms with Gasteiger partial charge in [0.1, 0.15) is 11.6 Å².